The van der Waals surface area contributed by atoms with Crippen molar-refractivity contribution >= 4 is 23.0 Å². The summed E-state index contributed by atoms with van der Waals surface area (Å²) in [6.07, 6.45) is 3.01. The maximum absolute atomic E-state index is 13.3. The highest BCUT2D eigenvalue weighted by molar-refractivity contribution is 5.92. The van der Waals surface area contributed by atoms with E-state index in [9.17, 15) is 13.6 Å². The molecule has 2 aromatic rings. The molecule has 0 spiro atoms. The fraction of sp³-hybridized carbons (Fsp3) is 0.611. The van der Waals surface area contributed by atoms with E-state index in [0.717, 1.165) is 36.1 Å². The number of aromatic nitrogens is 3. The fourth-order valence-electron chi connectivity index (χ4n) is 3.46. The first-order chi connectivity index (χ1) is 11.9. The summed E-state index contributed by atoms with van der Waals surface area (Å²) in [6.45, 7) is 1.75. The van der Waals surface area contributed by atoms with E-state index in [0.29, 0.717) is 5.95 Å². The molecule has 2 aliphatic rings. The van der Waals surface area contributed by atoms with Gasteiger partial charge in [-0.2, -0.15) is 0 Å². The summed E-state index contributed by atoms with van der Waals surface area (Å²) in [5.74, 6) is -2.54. The van der Waals surface area contributed by atoms with Crippen LogP contribution in [0.3, 0.4) is 0 Å². The monoisotopic (exact) mass is 365 g/mol. The van der Waals surface area contributed by atoms with Gasteiger partial charge in [0.15, 0.2) is 5.65 Å². The standard InChI is InChI=1S/C17H21F2N5O.CH4/c1-11-5-6-13-15(20-11)24(12-3-2-4-12)16(21-13)22-14(25)9-23-8-7-17(18,19)10-23;/h5-6,12H,2-4,7-10H2,1H3,(H,21,22,25);1H4. The molecule has 0 atom stereocenters. The van der Waals surface area contributed by atoms with Gasteiger partial charge in [0.25, 0.3) is 5.92 Å². The van der Waals surface area contributed by atoms with E-state index in [1.807, 2.05) is 23.6 Å². The van der Waals surface area contributed by atoms with Crippen LogP contribution in [-0.2, 0) is 4.79 Å². The van der Waals surface area contributed by atoms with Crippen LogP contribution in [0.4, 0.5) is 14.7 Å². The predicted octanol–water partition coefficient (Wildman–Crippen LogP) is 3.38. The number of anilines is 1. The zero-order valence-corrected chi connectivity index (χ0v) is 14.1. The van der Waals surface area contributed by atoms with Gasteiger partial charge in [-0.3, -0.25) is 19.6 Å². The van der Waals surface area contributed by atoms with Gasteiger partial charge in [-0.25, -0.2) is 18.7 Å². The number of nitrogens with one attached hydrogen (secondary N) is 1. The van der Waals surface area contributed by atoms with Gasteiger partial charge in [-0.15, -0.1) is 0 Å². The van der Waals surface area contributed by atoms with Crippen LogP contribution in [-0.4, -0.2) is 50.9 Å². The number of halogens is 2. The molecule has 0 radical (unpaired) electrons. The van der Waals surface area contributed by atoms with Gasteiger partial charge in [0.2, 0.25) is 11.9 Å². The van der Waals surface area contributed by atoms with Crippen molar-refractivity contribution < 1.29 is 13.6 Å². The lowest BCUT2D eigenvalue weighted by Gasteiger charge is -2.28. The average molecular weight is 365 g/mol. The van der Waals surface area contributed by atoms with Crippen LogP contribution in [0.2, 0.25) is 0 Å². The van der Waals surface area contributed by atoms with Gasteiger partial charge in [0.05, 0.1) is 13.1 Å². The van der Waals surface area contributed by atoms with Gasteiger partial charge >= 0.3 is 0 Å². The summed E-state index contributed by atoms with van der Waals surface area (Å²) >= 11 is 0. The summed E-state index contributed by atoms with van der Waals surface area (Å²) in [4.78, 5) is 22.9. The minimum Gasteiger partial charge on any atom is -0.295 e. The fourth-order valence-corrected chi connectivity index (χ4v) is 3.46. The highest BCUT2D eigenvalue weighted by atomic mass is 19.3. The number of hydrogen-bond acceptors (Lipinski definition) is 4. The Morgan fingerprint density at radius 1 is 1.35 bits per heavy atom. The molecule has 0 aromatic carbocycles. The number of aryl methyl sites for hydroxylation is 1. The van der Waals surface area contributed by atoms with Crippen molar-refractivity contribution in [2.24, 2.45) is 0 Å². The molecule has 2 fully saturated rings. The van der Waals surface area contributed by atoms with E-state index >= 15 is 0 Å². The summed E-state index contributed by atoms with van der Waals surface area (Å²) in [5.41, 5.74) is 2.40. The maximum Gasteiger partial charge on any atom is 0.261 e. The van der Waals surface area contributed by atoms with E-state index in [-0.39, 0.29) is 45.4 Å². The van der Waals surface area contributed by atoms with Gasteiger partial charge < -0.3 is 0 Å². The van der Waals surface area contributed by atoms with Crippen LogP contribution >= 0.6 is 0 Å². The Hall–Kier alpha value is -2.09. The Morgan fingerprint density at radius 3 is 2.73 bits per heavy atom. The average Bonchev–Trinajstić information content (AvgIpc) is 2.98. The molecule has 1 aliphatic carbocycles. The molecule has 1 amide bonds. The van der Waals surface area contributed by atoms with Gasteiger partial charge in [0, 0.05) is 24.7 Å². The molecule has 3 heterocycles. The Morgan fingerprint density at radius 2 is 2.12 bits per heavy atom. The molecule has 1 aliphatic heterocycles. The molecule has 26 heavy (non-hydrogen) atoms. The normalized spacial score (nSPS) is 20.0. The van der Waals surface area contributed by atoms with Crippen molar-refractivity contribution in [1.82, 2.24) is 19.4 Å². The number of alkyl halides is 2. The molecule has 1 saturated heterocycles. The van der Waals surface area contributed by atoms with Crippen LogP contribution in [0.1, 0.15) is 44.8 Å². The summed E-state index contributed by atoms with van der Waals surface area (Å²) in [5, 5.41) is 2.81. The van der Waals surface area contributed by atoms with Crippen LogP contribution in [0.25, 0.3) is 11.2 Å². The molecule has 1 N–H and O–H groups in total. The van der Waals surface area contributed by atoms with E-state index < -0.39 is 5.92 Å². The number of pyridine rings is 1. The first-order valence-corrected chi connectivity index (χ1v) is 8.67. The highest BCUT2D eigenvalue weighted by Crippen LogP contribution is 2.36. The molecular weight excluding hydrogens is 340 g/mol. The second-order valence-corrected chi connectivity index (χ2v) is 7.05. The molecule has 0 bridgehead atoms. The number of rotatable bonds is 4. The number of carbonyl (C=O) groups is 1. The van der Waals surface area contributed by atoms with E-state index in [1.165, 1.54) is 4.90 Å². The molecule has 2 aromatic heterocycles. The lowest BCUT2D eigenvalue weighted by Crippen LogP contribution is -2.34. The second-order valence-electron chi connectivity index (χ2n) is 7.05. The maximum atomic E-state index is 13.3. The Kier molecular flexibility index (Phi) is 4.96. The lowest BCUT2D eigenvalue weighted by atomic mass is 9.93. The topological polar surface area (TPSA) is 63.1 Å². The van der Waals surface area contributed by atoms with Crippen molar-refractivity contribution in [3.63, 3.8) is 0 Å². The molecule has 6 nitrogen and oxygen atoms in total. The number of nitrogens with zero attached hydrogens (tertiary/aromatic N) is 4. The first kappa shape index (κ1) is 18.7. The number of amides is 1. The van der Waals surface area contributed by atoms with Crippen molar-refractivity contribution in [2.45, 2.75) is 52.0 Å². The van der Waals surface area contributed by atoms with Crippen LogP contribution in [0.15, 0.2) is 12.1 Å². The van der Waals surface area contributed by atoms with Crippen molar-refractivity contribution in [1.29, 1.82) is 0 Å². The number of imidazole rings is 1. The quantitative estimate of drug-likeness (QED) is 0.902. The molecule has 142 valence electrons. The summed E-state index contributed by atoms with van der Waals surface area (Å²) in [6, 6.07) is 4.06. The Balaban J connectivity index is 0.00000196. The minimum atomic E-state index is -2.69. The van der Waals surface area contributed by atoms with Crippen LogP contribution in [0, 0.1) is 6.92 Å². The predicted molar refractivity (Wildman–Crippen MR) is 96.5 cm³/mol. The van der Waals surface area contributed by atoms with Crippen molar-refractivity contribution in [2.75, 3.05) is 25.0 Å². The Labute approximate surface area is 151 Å². The largest absolute Gasteiger partial charge is 0.295 e. The zero-order valence-electron chi connectivity index (χ0n) is 14.1. The first-order valence-electron chi connectivity index (χ1n) is 8.67. The summed E-state index contributed by atoms with van der Waals surface area (Å²) < 4.78 is 28.5. The second kappa shape index (κ2) is 6.90. The minimum absolute atomic E-state index is 0. The summed E-state index contributed by atoms with van der Waals surface area (Å²) in [7, 11) is 0. The lowest BCUT2D eigenvalue weighted by molar-refractivity contribution is -0.117. The van der Waals surface area contributed by atoms with Gasteiger partial charge in [-0.1, -0.05) is 7.43 Å². The Bertz CT molecular complexity index is 815. The van der Waals surface area contributed by atoms with Crippen LogP contribution < -0.4 is 5.32 Å². The number of hydrogen-bond donors (Lipinski definition) is 1. The smallest absolute Gasteiger partial charge is 0.261 e. The van der Waals surface area contributed by atoms with Gasteiger partial charge in [-0.05, 0) is 38.3 Å². The molecule has 1 saturated carbocycles. The number of likely N-dealkylation sites (tertiary alicyclic amines) is 1. The highest BCUT2D eigenvalue weighted by Gasteiger charge is 2.38. The number of fused-ring (bicyclic) bond motifs is 1. The molecule has 8 heteroatoms. The van der Waals surface area contributed by atoms with Crippen LogP contribution in [0.5, 0.6) is 0 Å². The SMILES string of the molecule is C.Cc1ccc2nc(NC(=O)CN3CCC(F)(F)C3)n(C3CCC3)c2n1. The van der Waals surface area contributed by atoms with Crippen molar-refractivity contribution in [3.8, 4) is 0 Å². The molecular formula is C18H25F2N5O. The van der Waals surface area contributed by atoms with E-state index in [2.05, 4.69) is 15.3 Å². The third-order valence-corrected chi connectivity index (χ3v) is 4.98. The molecule has 4 rings (SSSR count). The third-order valence-electron chi connectivity index (χ3n) is 4.98. The van der Waals surface area contributed by atoms with Crippen molar-refractivity contribution in [3.05, 3.63) is 17.8 Å². The van der Waals surface area contributed by atoms with E-state index in [4.69, 9.17) is 0 Å². The molecule has 0 unspecified atom stereocenters. The van der Waals surface area contributed by atoms with Gasteiger partial charge in [0.1, 0.15) is 5.52 Å². The zero-order chi connectivity index (χ0) is 17.6. The van der Waals surface area contributed by atoms with E-state index in [1.54, 1.807) is 0 Å². The third kappa shape index (κ3) is 3.56. The number of carbonyl (C=O) groups excluding carboxylic acids is 1.